The van der Waals surface area contributed by atoms with Gasteiger partial charge in [0.2, 0.25) is 0 Å². The van der Waals surface area contributed by atoms with Gasteiger partial charge >= 0.3 is 0 Å². The van der Waals surface area contributed by atoms with Crippen molar-refractivity contribution in [3.8, 4) is 33.6 Å². The molecule has 0 bridgehead atoms. The van der Waals surface area contributed by atoms with Crippen molar-refractivity contribution in [3.05, 3.63) is 120 Å². The summed E-state index contributed by atoms with van der Waals surface area (Å²) < 4.78 is 0. The number of hydrogen-bond acceptors (Lipinski definition) is 4. The Balaban J connectivity index is 1.33. The Bertz CT molecular complexity index is 1990. The third-order valence-corrected chi connectivity index (χ3v) is 10.2. The largest absolute Gasteiger partial charge is 0.352 e. The number of nitrogens with zero attached hydrogens (tertiary/aromatic N) is 2. The van der Waals surface area contributed by atoms with E-state index in [1.54, 1.807) is 0 Å². The SMILES string of the molecule is CCCCCCCCNC(=O)c1cc(-c2ccccc2)nc2ccc(-c3ccc4nc(-c5ccccc5)cc(C(=O)NCCCCCCCC)c4c3)cc12. The molecule has 6 aromatic rings. The molecule has 6 rings (SSSR count). The minimum Gasteiger partial charge on any atom is -0.352 e. The van der Waals surface area contributed by atoms with Crippen LogP contribution in [-0.2, 0) is 0 Å². The topological polar surface area (TPSA) is 84.0 Å². The molecule has 0 aliphatic rings. The van der Waals surface area contributed by atoms with Crippen molar-refractivity contribution < 1.29 is 9.59 Å². The third kappa shape index (κ3) is 9.98. The highest BCUT2D eigenvalue weighted by Crippen LogP contribution is 2.33. The van der Waals surface area contributed by atoms with Gasteiger partial charge in [0.25, 0.3) is 11.8 Å². The van der Waals surface area contributed by atoms with E-state index in [2.05, 4.69) is 36.6 Å². The van der Waals surface area contributed by atoms with Gasteiger partial charge in [-0.3, -0.25) is 9.59 Å². The van der Waals surface area contributed by atoms with Crippen LogP contribution >= 0.6 is 0 Å². The lowest BCUT2D eigenvalue weighted by Gasteiger charge is -2.14. The first-order valence-electron chi connectivity index (χ1n) is 20.1. The summed E-state index contributed by atoms with van der Waals surface area (Å²) in [6.45, 7) is 5.73. The molecule has 0 unspecified atom stereocenters. The number of unbranched alkanes of at least 4 members (excludes halogenated alkanes) is 10. The van der Waals surface area contributed by atoms with Crippen molar-refractivity contribution in [3.63, 3.8) is 0 Å². The van der Waals surface area contributed by atoms with E-state index in [1.807, 2.05) is 97.1 Å². The van der Waals surface area contributed by atoms with Crippen molar-refractivity contribution in [2.75, 3.05) is 13.1 Å². The van der Waals surface area contributed by atoms with E-state index in [4.69, 9.17) is 9.97 Å². The Morgan fingerprint density at radius 2 is 0.833 bits per heavy atom. The van der Waals surface area contributed by atoms with E-state index in [9.17, 15) is 9.59 Å². The number of rotatable bonds is 19. The summed E-state index contributed by atoms with van der Waals surface area (Å²) in [7, 11) is 0. The Morgan fingerprint density at radius 1 is 0.444 bits per heavy atom. The molecule has 2 N–H and O–H groups in total. The molecule has 6 nitrogen and oxygen atoms in total. The summed E-state index contributed by atoms with van der Waals surface area (Å²) in [6, 6.07) is 36.1. The molecule has 0 aliphatic carbocycles. The minimum atomic E-state index is -0.0919. The van der Waals surface area contributed by atoms with Crippen molar-refractivity contribution in [1.29, 1.82) is 0 Å². The number of benzene rings is 4. The van der Waals surface area contributed by atoms with Crippen LogP contribution in [-0.4, -0.2) is 34.9 Å². The molecule has 0 aliphatic heterocycles. The van der Waals surface area contributed by atoms with Crippen molar-refractivity contribution in [1.82, 2.24) is 20.6 Å². The van der Waals surface area contributed by atoms with Crippen molar-refractivity contribution in [2.45, 2.75) is 90.9 Å². The average molecular weight is 719 g/mol. The van der Waals surface area contributed by atoms with E-state index in [0.29, 0.717) is 24.2 Å². The van der Waals surface area contributed by atoms with Gasteiger partial charge in [0, 0.05) is 35.0 Å². The number of pyridine rings is 2. The number of nitrogens with one attached hydrogen (secondary N) is 2. The molecular weight excluding hydrogens is 665 g/mol. The lowest BCUT2D eigenvalue weighted by Crippen LogP contribution is -2.25. The second-order valence-corrected chi connectivity index (χ2v) is 14.4. The maximum absolute atomic E-state index is 13.9. The molecule has 0 radical (unpaired) electrons. The highest BCUT2D eigenvalue weighted by Gasteiger charge is 2.18. The van der Waals surface area contributed by atoms with Gasteiger partial charge in [0.15, 0.2) is 0 Å². The van der Waals surface area contributed by atoms with E-state index in [0.717, 1.165) is 81.1 Å². The standard InChI is InChI=1S/C48H54N4O2/c1-3-5-7-9-11-19-29-49-47(53)41-33-45(35-21-15-13-16-22-35)51-43-27-25-37(31-39(41)43)38-26-28-44-40(32-38)42(34-46(52-44)36-23-17-14-18-24-36)48(54)50-30-20-12-10-8-6-4-2/h13-18,21-28,31-34H,3-12,19-20,29-30H2,1-2H3,(H,49,53)(H,50,54). The molecule has 0 fully saturated rings. The van der Waals surface area contributed by atoms with Crippen molar-refractivity contribution >= 4 is 33.6 Å². The van der Waals surface area contributed by atoms with Gasteiger partial charge in [0.05, 0.1) is 33.5 Å². The zero-order chi connectivity index (χ0) is 37.5. The van der Waals surface area contributed by atoms with Gasteiger partial charge in [-0.25, -0.2) is 9.97 Å². The van der Waals surface area contributed by atoms with Crippen LogP contribution in [0.1, 0.15) is 112 Å². The van der Waals surface area contributed by atoms with Crippen LogP contribution in [0.15, 0.2) is 109 Å². The number of carbonyl (C=O) groups excluding carboxylic acids is 2. The van der Waals surface area contributed by atoms with Crippen LogP contribution < -0.4 is 10.6 Å². The van der Waals surface area contributed by atoms with Crippen LogP contribution in [0.5, 0.6) is 0 Å². The normalized spacial score (nSPS) is 11.2. The van der Waals surface area contributed by atoms with Crippen LogP contribution in [0.4, 0.5) is 0 Å². The first-order chi connectivity index (χ1) is 26.6. The van der Waals surface area contributed by atoms with Crippen molar-refractivity contribution in [2.24, 2.45) is 0 Å². The second-order valence-electron chi connectivity index (χ2n) is 14.4. The fourth-order valence-corrected chi connectivity index (χ4v) is 7.10. The maximum atomic E-state index is 13.9. The number of carbonyl (C=O) groups is 2. The molecule has 0 atom stereocenters. The van der Waals surface area contributed by atoms with Crippen LogP contribution in [0.2, 0.25) is 0 Å². The van der Waals surface area contributed by atoms with Gasteiger partial charge < -0.3 is 10.6 Å². The fourth-order valence-electron chi connectivity index (χ4n) is 7.10. The molecule has 0 saturated heterocycles. The molecule has 6 heteroatoms. The monoisotopic (exact) mass is 718 g/mol. The zero-order valence-electron chi connectivity index (χ0n) is 32.0. The first kappa shape index (κ1) is 38.4. The lowest BCUT2D eigenvalue weighted by atomic mass is 9.96. The van der Waals surface area contributed by atoms with E-state index in [1.165, 1.54) is 51.4 Å². The molecule has 2 amide bonds. The highest BCUT2D eigenvalue weighted by atomic mass is 16.2. The number of fused-ring (bicyclic) bond motifs is 2. The summed E-state index contributed by atoms with van der Waals surface area (Å²) in [6.07, 6.45) is 14.0. The summed E-state index contributed by atoms with van der Waals surface area (Å²) in [4.78, 5) is 37.7. The highest BCUT2D eigenvalue weighted by molar-refractivity contribution is 6.10. The summed E-state index contributed by atoms with van der Waals surface area (Å²) >= 11 is 0. The summed E-state index contributed by atoms with van der Waals surface area (Å²) in [5.74, 6) is -0.184. The summed E-state index contributed by atoms with van der Waals surface area (Å²) in [5, 5.41) is 7.98. The van der Waals surface area contributed by atoms with Gasteiger partial charge in [0.1, 0.15) is 0 Å². The number of amides is 2. The smallest absolute Gasteiger partial charge is 0.252 e. The van der Waals surface area contributed by atoms with E-state index < -0.39 is 0 Å². The van der Waals surface area contributed by atoms with Gasteiger partial charge in [-0.05, 0) is 60.4 Å². The molecule has 0 saturated carbocycles. The molecule has 2 aromatic heterocycles. The molecule has 4 aromatic carbocycles. The zero-order valence-corrected chi connectivity index (χ0v) is 32.0. The van der Waals surface area contributed by atoms with Crippen LogP contribution in [0.3, 0.4) is 0 Å². The molecule has 54 heavy (non-hydrogen) atoms. The Morgan fingerprint density at radius 3 is 1.24 bits per heavy atom. The molecule has 278 valence electrons. The maximum Gasteiger partial charge on any atom is 0.252 e. The number of aromatic nitrogens is 2. The first-order valence-corrected chi connectivity index (χ1v) is 20.1. The van der Waals surface area contributed by atoms with E-state index in [-0.39, 0.29) is 11.8 Å². The third-order valence-electron chi connectivity index (χ3n) is 10.2. The van der Waals surface area contributed by atoms with E-state index >= 15 is 0 Å². The number of hydrogen-bond donors (Lipinski definition) is 2. The van der Waals surface area contributed by atoms with Gasteiger partial charge in [-0.1, -0.05) is 151 Å². The lowest BCUT2D eigenvalue weighted by molar-refractivity contribution is 0.0946. The molecule has 2 heterocycles. The van der Waals surface area contributed by atoms with Crippen LogP contribution in [0, 0.1) is 0 Å². The van der Waals surface area contributed by atoms with Gasteiger partial charge in [-0.2, -0.15) is 0 Å². The fraction of sp³-hybridized carbons (Fsp3) is 0.333. The molecular formula is C48H54N4O2. The Labute approximate surface area is 320 Å². The molecule has 0 spiro atoms. The minimum absolute atomic E-state index is 0.0919. The van der Waals surface area contributed by atoms with Crippen LogP contribution in [0.25, 0.3) is 55.4 Å². The quantitative estimate of drug-likeness (QED) is 0.0817. The average Bonchev–Trinajstić information content (AvgIpc) is 3.22. The van der Waals surface area contributed by atoms with Gasteiger partial charge in [-0.15, -0.1) is 0 Å². The second kappa shape index (κ2) is 19.6. The summed E-state index contributed by atoms with van der Waals surface area (Å²) in [5.41, 5.74) is 8.08. The Hall–Kier alpha value is -5.36. The predicted octanol–water partition coefficient (Wildman–Crippen LogP) is 12.0. The Kier molecular flexibility index (Phi) is 14.0. The predicted molar refractivity (Wildman–Crippen MR) is 225 cm³/mol.